The minimum atomic E-state index is -0.574. The zero-order valence-electron chi connectivity index (χ0n) is 11.1. The molecule has 0 unspecified atom stereocenters. The van der Waals surface area contributed by atoms with E-state index in [1.165, 1.54) is 14.0 Å². The number of nitrogens with one attached hydrogen (secondary N) is 2. The Labute approximate surface area is 121 Å². The van der Waals surface area contributed by atoms with Crippen LogP contribution in [0.25, 0.3) is 0 Å². The van der Waals surface area contributed by atoms with E-state index in [1.54, 1.807) is 18.2 Å². The standard InChI is InChI=1S/C13H14ClN3O3/c1-7(18)15-10-4-3-8(5-9(10)14)16-11-6-12(19)17(2)13(11)20/h3-5,11,16H,6H2,1-2H3,(H,15,18)/t11-/m0/s1. The molecule has 3 amide bonds. The number of imide groups is 1. The molecule has 106 valence electrons. The third kappa shape index (κ3) is 2.91. The highest BCUT2D eigenvalue weighted by molar-refractivity contribution is 6.34. The van der Waals surface area contributed by atoms with Crippen molar-refractivity contribution in [3.05, 3.63) is 23.2 Å². The summed E-state index contributed by atoms with van der Waals surface area (Å²) in [4.78, 5) is 35.3. The monoisotopic (exact) mass is 295 g/mol. The van der Waals surface area contributed by atoms with Gasteiger partial charge in [0, 0.05) is 19.7 Å². The first-order valence-corrected chi connectivity index (χ1v) is 6.40. The Hall–Kier alpha value is -2.08. The first kappa shape index (κ1) is 14.3. The number of rotatable bonds is 3. The second-order valence-electron chi connectivity index (χ2n) is 4.57. The molecule has 0 bridgehead atoms. The van der Waals surface area contributed by atoms with E-state index in [2.05, 4.69) is 10.6 Å². The van der Waals surface area contributed by atoms with Gasteiger partial charge in [-0.3, -0.25) is 19.3 Å². The normalized spacial score (nSPS) is 18.4. The average molecular weight is 296 g/mol. The number of carbonyl (C=O) groups is 3. The Kier molecular flexibility index (Phi) is 3.94. The van der Waals surface area contributed by atoms with Crippen LogP contribution in [0, 0.1) is 0 Å². The molecule has 0 spiro atoms. The van der Waals surface area contributed by atoms with Gasteiger partial charge in [0.2, 0.25) is 11.8 Å². The van der Waals surface area contributed by atoms with Crippen molar-refractivity contribution in [1.82, 2.24) is 4.90 Å². The van der Waals surface area contributed by atoms with Crippen LogP contribution in [0.2, 0.25) is 5.02 Å². The molecule has 0 aromatic heterocycles. The topological polar surface area (TPSA) is 78.5 Å². The first-order chi connectivity index (χ1) is 9.38. The molecule has 6 nitrogen and oxygen atoms in total. The molecule has 0 aliphatic carbocycles. The number of nitrogens with zero attached hydrogens (tertiary/aromatic N) is 1. The molecule has 1 aliphatic heterocycles. The predicted octanol–water partition coefficient (Wildman–Crippen LogP) is 1.47. The van der Waals surface area contributed by atoms with Gasteiger partial charge in [-0.05, 0) is 18.2 Å². The van der Waals surface area contributed by atoms with E-state index in [0.717, 1.165) is 4.90 Å². The summed E-state index contributed by atoms with van der Waals surface area (Å²) in [7, 11) is 1.46. The highest BCUT2D eigenvalue weighted by Gasteiger charge is 2.35. The molecule has 1 fully saturated rings. The fourth-order valence-electron chi connectivity index (χ4n) is 1.97. The van der Waals surface area contributed by atoms with Crippen LogP contribution in [0.5, 0.6) is 0 Å². The van der Waals surface area contributed by atoms with Crippen LogP contribution in [0.1, 0.15) is 13.3 Å². The lowest BCUT2D eigenvalue weighted by atomic mass is 10.2. The number of amides is 3. The fraction of sp³-hybridized carbons (Fsp3) is 0.308. The summed E-state index contributed by atoms with van der Waals surface area (Å²) in [6.45, 7) is 1.39. The molecule has 0 radical (unpaired) electrons. The average Bonchev–Trinajstić information content (AvgIpc) is 2.60. The van der Waals surface area contributed by atoms with E-state index in [9.17, 15) is 14.4 Å². The summed E-state index contributed by atoms with van der Waals surface area (Å²) in [5, 5.41) is 5.91. The Balaban J connectivity index is 2.11. The van der Waals surface area contributed by atoms with Crippen LogP contribution in [0.3, 0.4) is 0 Å². The lowest BCUT2D eigenvalue weighted by molar-refractivity contribution is -0.136. The summed E-state index contributed by atoms with van der Waals surface area (Å²) >= 11 is 6.04. The van der Waals surface area contributed by atoms with Crippen LogP contribution >= 0.6 is 11.6 Å². The van der Waals surface area contributed by atoms with Crippen LogP contribution in [0.4, 0.5) is 11.4 Å². The maximum atomic E-state index is 11.8. The largest absolute Gasteiger partial charge is 0.373 e. The van der Waals surface area contributed by atoms with E-state index in [4.69, 9.17) is 11.6 Å². The van der Waals surface area contributed by atoms with E-state index in [-0.39, 0.29) is 24.1 Å². The SMILES string of the molecule is CC(=O)Nc1ccc(N[C@H]2CC(=O)N(C)C2=O)cc1Cl. The van der Waals surface area contributed by atoms with Gasteiger partial charge < -0.3 is 10.6 Å². The number of halogens is 1. The van der Waals surface area contributed by atoms with Gasteiger partial charge in [-0.25, -0.2) is 0 Å². The molecule has 1 heterocycles. The van der Waals surface area contributed by atoms with Crippen LogP contribution in [-0.4, -0.2) is 35.7 Å². The van der Waals surface area contributed by atoms with E-state index in [1.807, 2.05) is 0 Å². The van der Waals surface area contributed by atoms with Crippen LogP contribution in [0.15, 0.2) is 18.2 Å². The quantitative estimate of drug-likeness (QED) is 0.828. The molecule has 1 aromatic carbocycles. The number of likely N-dealkylation sites (tertiary alicyclic amines) is 1. The van der Waals surface area contributed by atoms with Gasteiger partial charge >= 0.3 is 0 Å². The summed E-state index contributed by atoms with van der Waals surface area (Å²) in [5.74, 6) is -0.698. The van der Waals surface area contributed by atoms with Crippen molar-refractivity contribution in [2.24, 2.45) is 0 Å². The number of hydrogen-bond acceptors (Lipinski definition) is 4. The lowest BCUT2D eigenvalue weighted by Crippen LogP contribution is -2.31. The van der Waals surface area contributed by atoms with Crippen molar-refractivity contribution in [2.75, 3.05) is 17.7 Å². The zero-order valence-corrected chi connectivity index (χ0v) is 11.8. The number of benzene rings is 1. The number of hydrogen-bond donors (Lipinski definition) is 2. The number of anilines is 2. The van der Waals surface area contributed by atoms with E-state index in [0.29, 0.717) is 16.4 Å². The highest BCUT2D eigenvalue weighted by Crippen LogP contribution is 2.27. The third-order valence-corrected chi connectivity index (χ3v) is 3.31. The third-order valence-electron chi connectivity index (χ3n) is 3.00. The fourth-order valence-corrected chi connectivity index (χ4v) is 2.19. The molecule has 1 aromatic rings. The molecule has 7 heteroatoms. The Bertz CT molecular complexity index is 588. The lowest BCUT2D eigenvalue weighted by Gasteiger charge is -2.14. The minimum Gasteiger partial charge on any atom is -0.373 e. The Morgan fingerprint density at radius 3 is 2.60 bits per heavy atom. The first-order valence-electron chi connectivity index (χ1n) is 6.02. The smallest absolute Gasteiger partial charge is 0.251 e. The van der Waals surface area contributed by atoms with Gasteiger partial charge in [-0.1, -0.05) is 11.6 Å². The van der Waals surface area contributed by atoms with E-state index < -0.39 is 6.04 Å². The van der Waals surface area contributed by atoms with Crippen molar-refractivity contribution in [2.45, 2.75) is 19.4 Å². The van der Waals surface area contributed by atoms with E-state index >= 15 is 0 Å². The maximum absolute atomic E-state index is 11.8. The number of likely N-dealkylation sites (N-methyl/N-ethyl adjacent to an activating group) is 1. The van der Waals surface area contributed by atoms with Gasteiger partial charge in [0.15, 0.2) is 0 Å². The molecule has 20 heavy (non-hydrogen) atoms. The second kappa shape index (κ2) is 5.50. The molecule has 2 N–H and O–H groups in total. The minimum absolute atomic E-state index is 0.125. The van der Waals surface area contributed by atoms with Crippen LogP contribution in [-0.2, 0) is 14.4 Å². The van der Waals surface area contributed by atoms with Crippen molar-refractivity contribution < 1.29 is 14.4 Å². The maximum Gasteiger partial charge on any atom is 0.251 e. The second-order valence-corrected chi connectivity index (χ2v) is 4.98. The van der Waals surface area contributed by atoms with Gasteiger partial charge in [0.1, 0.15) is 6.04 Å². The molecule has 2 rings (SSSR count). The zero-order chi connectivity index (χ0) is 14.9. The summed E-state index contributed by atoms with van der Waals surface area (Å²) < 4.78 is 0. The van der Waals surface area contributed by atoms with Crippen LogP contribution < -0.4 is 10.6 Å². The molecular formula is C13H14ClN3O3. The van der Waals surface area contributed by atoms with Gasteiger partial charge in [-0.2, -0.15) is 0 Å². The highest BCUT2D eigenvalue weighted by atomic mass is 35.5. The molecule has 0 saturated carbocycles. The van der Waals surface area contributed by atoms with Crippen molar-refractivity contribution in [1.29, 1.82) is 0 Å². The van der Waals surface area contributed by atoms with Gasteiger partial charge in [-0.15, -0.1) is 0 Å². The van der Waals surface area contributed by atoms with Crippen molar-refractivity contribution in [3.63, 3.8) is 0 Å². The van der Waals surface area contributed by atoms with Gasteiger partial charge in [0.05, 0.1) is 17.1 Å². The predicted molar refractivity (Wildman–Crippen MR) is 75.6 cm³/mol. The summed E-state index contributed by atoms with van der Waals surface area (Å²) in [5.41, 5.74) is 1.11. The summed E-state index contributed by atoms with van der Waals surface area (Å²) in [6, 6.07) is 4.35. The summed E-state index contributed by atoms with van der Waals surface area (Å²) in [6.07, 6.45) is 0.125. The molecular weight excluding hydrogens is 282 g/mol. The molecule has 1 saturated heterocycles. The van der Waals surface area contributed by atoms with Crippen molar-refractivity contribution >= 4 is 40.7 Å². The molecule has 1 atom stereocenters. The van der Waals surface area contributed by atoms with Gasteiger partial charge in [0.25, 0.3) is 5.91 Å². The van der Waals surface area contributed by atoms with Crippen molar-refractivity contribution in [3.8, 4) is 0 Å². The Morgan fingerprint density at radius 1 is 1.40 bits per heavy atom. The Morgan fingerprint density at radius 2 is 2.10 bits per heavy atom. The number of carbonyl (C=O) groups excluding carboxylic acids is 3. The molecule has 1 aliphatic rings.